The molecule has 2 heterocycles. The van der Waals surface area contributed by atoms with Crippen LogP contribution in [0, 0.1) is 17.8 Å². The fourth-order valence-electron chi connectivity index (χ4n) is 4.47. The average Bonchev–Trinajstić information content (AvgIpc) is 2.95. The van der Waals surface area contributed by atoms with Crippen LogP contribution in [-0.2, 0) is 20.0 Å². The summed E-state index contributed by atoms with van der Waals surface area (Å²) in [6.45, 7) is 2.75. The predicted molar refractivity (Wildman–Crippen MR) is 104 cm³/mol. The van der Waals surface area contributed by atoms with Crippen LogP contribution in [0.3, 0.4) is 0 Å². The maximum atomic E-state index is 12.9. The van der Waals surface area contributed by atoms with Crippen molar-refractivity contribution >= 4 is 6.09 Å². The molecule has 1 aromatic carbocycles. The molecular weight excluding hydrogens is 397 g/mol. The van der Waals surface area contributed by atoms with Gasteiger partial charge in [-0.15, -0.1) is 0 Å². The second-order valence-corrected chi connectivity index (χ2v) is 8.45. The Hall–Kier alpha value is -2.55. The minimum absolute atomic E-state index is 0.183. The monoisotopic (exact) mass is 422 g/mol. The molecule has 9 heteroatoms. The van der Waals surface area contributed by atoms with Crippen molar-refractivity contribution in [1.29, 1.82) is 0 Å². The molecule has 0 bridgehead atoms. The van der Waals surface area contributed by atoms with Crippen LogP contribution >= 0.6 is 0 Å². The Kier molecular flexibility index (Phi) is 5.48. The van der Waals surface area contributed by atoms with Gasteiger partial charge in [-0.25, -0.2) is 9.78 Å². The van der Waals surface area contributed by atoms with E-state index >= 15 is 0 Å². The van der Waals surface area contributed by atoms with Crippen molar-refractivity contribution in [3.05, 3.63) is 47.9 Å². The topological polar surface area (TPSA) is 50.6 Å². The SMILES string of the molecule is CN1CC2C(C1)C2CN(Cc1cccc(CC(F)(F)F)c1)C(=O)Oc1cn(C)cn1. The summed E-state index contributed by atoms with van der Waals surface area (Å²) < 4.78 is 45.4. The highest BCUT2D eigenvalue weighted by Crippen LogP contribution is 2.51. The molecule has 1 aromatic heterocycles. The first kappa shape index (κ1) is 20.7. The number of aromatic nitrogens is 2. The van der Waals surface area contributed by atoms with E-state index in [1.54, 1.807) is 34.8 Å². The second-order valence-electron chi connectivity index (χ2n) is 8.45. The second kappa shape index (κ2) is 7.94. The number of carbonyl (C=O) groups excluding carboxylic acids is 1. The lowest BCUT2D eigenvalue weighted by Gasteiger charge is -2.24. The van der Waals surface area contributed by atoms with E-state index in [0.717, 1.165) is 13.1 Å². The van der Waals surface area contributed by atoms with Crippen LogP contribution < -0.4 is 4.74 Å². The maximum absolute atomic E-state index is 12.9. The van der Waals surface area contributed by atoms with Gasteiger partial charge in [0.1, 0.15) is 0 Å². The van der Waals surface area contributed by atoms with Crippen molar-refractivity contribution in [2.24, 2.45) is 24.8 Å². The lowest BCUT2D eigenvalue weighted by atomic mass is 10.1. The maximum Gasteiger partial charge on any atom is 0.416 e. The number of aryl methyl sites for hydroxylation is 1. The molecule has 162 valence electrons. The van der Waals surface area contributed by atoms with Crippen LogP contribution in [0.1, 0.15) is 11.1 Å². The summed E-state index contributed by atoms with van der Waals surface area (Å²) in [5.41, 5.74) is 0.834. The molecule has 1 amide bonds. The van der Waals surface area contributed by atoms with Crippen molar-refractivity contribution in [3.63, 3.8) is 0 Å². The molecule has 1 saturated carbocycles. The number of alkyl halides is 3. The third-order valence-electron chi connectivity index (χ3n) is 5.89. The molecule has 2 aromatic rings. The normalized spacial score (nSPS) is 23.3. The Morgan fingerprint density at radius 2 is 1.93 bits per heavy atom. The number of ether oxygens (including phenoxy) is 1. The zero-order valence-corrected chi connectivity index (χ0v) is 17.0. The molecule has 1 aliphatic carbocycles. The number of nitrogens with zero attached hydrogens (tertiary/aromatic N) is 4. The van der Waals surface area contributed by atoms with E-state index in [-0.39, 0.29) is 18.0 Å². The van der Waals surface area contributed by atoms with Gasteiger partial charge in [-0.1, -0.05) is 24.3 Å². The van der Waals surface area contributed by atoms with Crippen LogP contribution in [0.5, 0.6) is 5.88 Å². The zero-order valence-electron chi connectivity index (χ0n) is 17.0. The Balaban J connectivity index is 1.47. The number of halogens is 3. The van der Waals surface area contributed by atoms with Crippen molar-refractivity contribution in [2.75, 3.05) is 26.7 Å². The molecule has 2 aliphatic rings. The van der Waals surface area contributed by atoms with E-state index in [2.05, 4.69) is 16.9 Å². The summed E-state index contributed by atoms with van der Waals surface area (Å²) in [6.07, 6.45) is -2.66. The first-order valence-electron chi connectivity index (χ1n) is 9.96. The number of carbonyl (C=O) groups is 1. The standard InChI is InChI=1S/C21H25F3N4O2/c1-26-9-16-17(10-26)18(16)11-28(20(29)30-19-12-27(2)13-25-19)8-15-5-3-4-14(6-15)7-21(22,23)24/h3-6,12-13,16-18H,7-11H2,1-2H3. The molecule has 6 nitrogen and oxygen atoms in total. The van der Waals surface area contributed by atoms with E-state index in [1.165, 1.54) is 18.5 Å². The minimum atomic E-state index is -4.27. The van der Waals surface area contributed by atoms with Gasteiger partial charge < -0.3 is 19.1 Å². The highest BCUT2D eigenvalue weighted by Gasteiger charge is 2.55. The van der Waals surface area contributed by atoms with Crippen LogP contribution in [0.25, 0.3) is 0 Å². The summed E-state index contributed by atoms with van der Waals surface area (Å²) in [5.74, 6) is 1.73. The first-order chi connectivity index (χ1) is 14.2. The molecule has 0 N–H and O–H groups in total. The summed E-state index contributed by atoms with van der Waals surface area (Å²) in [6, 6.07) is 6.30. The molecule has 2 unspecified atom stereocenters. The molecule has 1 aliphatic heterocycles. The quantitative estimate of drug-likeness (QED) is 0.717. The molecule has 2 fully saturated rings. The molecule has 0 spiro atoms. The summed E-state index contributed by atoms with van der Waals surface area (Å²) in [7, 11) is 3.86. The molecule has 2 atom stereocenters. The minimum Gasteiger partial charge on any atom is -0.389 e. The van der Waals surface area contributed by atoms with Gasteiger partial charge in [-0.05, 0) is 35.9 Å². The smallest absolute Gasteiger partial charge is 0.389 e. The largest absolute Gasteiger partial charge is 0.416 e. The number of imidazole rings is 1. The predicted octanol–water partition coefficient (Wildman–Crippen LogP) is 3.33. The third kappa shape index (κ3) is 4.95. The number of likely N-dealkylation sites (tertiary alicyclic amines) is 1. The number of piperidine rings is 1. The summed E-state index contributed by atoms with van der Waals surface area (Å²) >= 11 is 0. The number of hydrogen-bond donors (Lipinski definition) is 0. The van der Waals surface area contributed by atoms with Crippen molar-refractivity contribution in [3.8, 4) is 5.88 Å². The molecule has 30 heavy (non-hydrogen) atoms. The molecule has 1 saturated heterocycles. The van der Waals surface area contributed by atoms with Gasteiger partial charge in [0.05, 0.1) is 18.9 Å². The van der Waals surface area contributed by atoms with Crippen LogP contribution in [0.2, 0.25) is 0 Å². The lowest BCUT2D eigenvalue weighted by Crippen LogP contribution is -2.36. The van der Waals surface area contributed by atoms with Gasteiger partial charge in [0.15, 0.2) is 0 Å². The van der Waals surface area contributed by atoms with Gasteiger partial charge in [0.25, 0.3) is 0 Å². The Morgan fingerprint density at radius 1 is 1.23 bits per heavy atom. The highest BCUT2D eigenvalue weighted by molar-refractivity contribution is 5.70. The fraction of sp³-hybridized carbons (Fsp3) is 0.524. The molecule has 4 rings (SSSR count). The van der Waals surface area contributed by atoms with Crippen LogP contribution in [-0.4, -0.2) is 58.3 Å². The fourth-order valence-corrected chi connectivity index (χ4v) is 4.47. The third-order valence-corrected chi connectivity index (χ3v) is 5.89. The van der Waals surface area contributed by atoms with Crippen molar-refractivity contribution < 1.29 is 22.7 Å². The van der Waals surface area contributed by atoms with Crippen LogP contribution in [0.4, 0.5) is 18.0 Å². The van der Waals surface area contributed by atoms with Gasteiger partial charge in [-0.3, -0.25) is 0 Å². The van der Waals surface area contributed by atoms with E-state index < -0.39 is 18.7 Å². The number of amides is 1. The van der Waals surface area contributed by atoms with E-state index in [1.807, 2.05) is 0 Å². The summed E-state index contributed by atoms with van der Waals surface area (Å²) in [5, 5.41) is 0. The number of hydrogen-bond acceptors (Lipinski definition) is 4. The number of rotatable bonds is 6. The zero-order chi connectivity index (χ0) is 21.5. The van der Waals surface area contributed by atoms with Crippen LogP contribution in [0.15, 0.2) is 36.8 Å². The Labute approximate surface area is 173 Å². The lowest BCUT2D eigenvalue weighted by molar-refractivity contribution is -0.127. The van der Waals surface area contributed by atoms with Gasteiger partial charge in [-0.2, -0.15) is 13.2 Å². The summed E-state index contributed by atoms with van der Waals surface area (Å²) in [4.78, 5) is 20.7. The van der Waals surface area contributed by atoms with Gasteiger partial charge in [0, 0.05) is 33.2 Å². The first-order valence-corrected chi connectivity index (χ1v) is 9.96. The Morgan fingerprint density at radius 3 is 2.57 bits per heavy atom. The van der Waals surface area contributed by atoms with Gasteiger partial charge >= 0.3 is 12.3 Å². The molecule has 0 radical (unpaired) electrons. The van der Waals surface area contributed by atoms with Crippen molar-refractivity contribution in [1.82, 2.24) is 19.4 Å². The van der Waals surface area contributed by atoms with E-state index in [9.17, 15) is 18.0 Å². The number of fused-ring (bicyclic) bond motifs is 1. The van der Waals surface area contributed by atoms with Gasteiger partial charge in [0.2, 0.25) is 5.88 Å². The van der Waals surface area contributed by atoms with E-state index in [4.69, 9.17) is 4.74 Å². The number of benzene rings is 1. The average molecular weight is 422 g/mol. The molecular formula is C21H25F3N4O2. The van der Waals surface area contributed by atoms with Crippen molar-refractivity contribution in [2.45, 2.75) is 19.1 Å². The van der Waals surface area contributed by atoms with E-state index in [0.29, 0.717) is 29.9 Å². The highest BCUT2D eigenvalue weighted by atomic mass is 19.4. The Bertz CT molecular complexity index is 902.